The molecule has 10 heteroatoms. The van der Waals surface area contributed by atoms with E-state index in [1.54, 1.807) is 23.4 Å². The summed E-state index contributed by atoms with van der Waals surface area (Å²) in [6, 6.07) is 15.2. The molecule has 0 spiro atoms. The second-order valence-corrected chi connectivity index (χ2v) is 11.7. The van der Waals surface area contributed by atoms with E-state index in [1.807, 2.05) is 62.7 Å². The van der Waals surface area contributed by atoms with Gasteiger partial charge in [-0.1, -0.05) is 18.2 Å². The van der Waals surface area contributed by atoms with E-state index in [0.29, 0.717) is 29.4 Å². The zero-order valence-electron chi connectivity index (χ0n) is 22.4. The number of nitrogens with zero attached hydrogens (tertiary/aromatic N) is 5. The summed E-state index contributed by atoms with van der Waals surface area (Å²) in [4.78, 5) is 37.9. The van der Waals surface area contributed by atoms with E-state index in [1.165, 1.54) is 11.3 Å². The molecular formula is C29H30N6O3S. The van der Waals surface area contributed by atoms with Gasteiger partial charge in [-0.25, -0.2) is 14.8 Å². The summed E-state index contributed by atoms with van der Waals surface area (Å²) < 4.78 is 7.35. The molecule has 4 aromatic rings. The minimum Gasteiger partial charge on any atom is -0.444 e. The number of rotatable bonds is 4. The first-order valence-electron chi connectivity index (χ1n) is 12.8. The fraction of sp³-hybridized carbons (Fsp3) is 0.345. The maximum Gasteiger partial charge on any atom is 0.407 e. The molecule has 2 aromatic heterocycles. The minimum atomic E-state index is -0.592. The predicted molar refractivity (Wildman–Crippen MR) is 150 cm³/mol. The fourth-order valence-electron chi connectivity index (χ4n) is 4.67. The Morgan fingerprint density at radius 3 is 2.62 bits per heavy atom. The number of likely N-dealkylation sites (tertiary alicyclic amines) is 1. The zero-order chi connectivity index (χ0) is 27.7. The van der Waals surface area contributed by atoms with Gasteiger partial charge in [0.05, 0.1) is 39.6 Å². The van der Waals surface area contributed by atoms with Crippen molar-refractivity contribution in [1.29, 1.82) is 5.26 Å². The Labute approximate surface area is 231 Å². The lowest BCUT2D eigenvalue weighted by Crippen LogP contribution is -2.50. The summed E-state index contributed by atoms with van der Waals surface area (Å²) in [5.74, 6) is -0.171. The van der Waals surface area contributed by atoms with E-state index < -0.39 is 11.7 Å². The number of nitriles is 1. The Balaban J connectivity index is 1.45. The second kappa shape index (κ2) is 10.5. The van der Waals surface area contributed by atoms with Gasteiger partial charge in [0.25, 0.3) is 5.91 Å². The van der Waals surface area contributed by atoms with Gasteiger partial charge in [0, 0.05) is 31.7 Å². The first-order valence-corrected chi connectivity index (χ1v) is 13.6. The fourth-order valence-corrected chi connectivity index (χ4v) is 5.72. The van der Waals surface area contributed by atoms with Crippen molar-refractivity contribution in [2.45, 2.75) is 45.3 Å². The van der Waals surface area contributed by atoms with Gasteiger partial charge in [0.1, 0.15) is 5.60 Å². The van der Waals surface area contributed by atoms with Crippen LogP contribution in [0.3, 0.4) is 0 Å². The van der Waals surface area contributed by atoms with Crippen molar-refractivity contribution >= 4 is 34.4 Å². The molecule has 0 radical (unpaired) electrons. The second-order valence-electron chi connectivity index (χ2n) is 10.7. The molecule has 9 nitrogen and oxygen atoms in total. The van der Waals surface area contributed by atoms with E-state index >= 15 is 0 Å². The highest BCUT2D eigenvalue weighted by molar-refractivity contribution is 7.17. The van der Waals surface area contributed by atoms with Gasteiger partial charge in [0.15, 0.2) is 5.01 Å². The zero-order valence-corrected chi connectivity index (χ0v) is 23.2. The van der Waals surface area contributed by atoms with Crippen LogP contribution in [0.25, 0.3) is 32.7 Å². The highest BCUT2D eigenvalue weighted by Crippen LogP contribution is 2.38. The van der Waals surface area contributed by atoms with E-state index in [4.69, 9.17) is 9.72 Å². The van der Waals surface area contributed by atoms with Crippen molar-refractivity contribution in [3.63, 3.8) is 0 Å². The van der Waals surface area contributed by atoms with Gasteiger partial charge in [-0.2, -0.15) is 5.26 Å². The number of piperidine rings is 1. The molecule has 0 bridgehead atoms. The van der Waals surface area contributed by atoms with Crippen molar-refractivity contribution in [3.8, 4) is 27.8 Å². The van der Waals surface area contributed by atoms with Crippen molar-refractivity contribution in [1.82, 2.24) is 24.8 Å². The summed E-state index contributed by atoms with van der Waals surface area (Å²) in [6.07, 6.45) is 2.83. The number of ether oxygens (including phenoxy) is 1. The molecule has 3 heterocycles. The number of alkyl carbamates (subject to hydrolysis) is 1. The lowest BCUT2D eigenvalue weighted by molar-refractivity contribution is 0.0452. The number of thiazole rings is 1. The molecule has 5 rings (SSSR count). The summed E-state index contributed by atoms with van der Waals surface area (Å²) in [6.45, 7) is 6.44. The molecule has 1 atom stereocenters. The van der Waals surface area contributed by atoms with Crippen LogP contribution in [0, 0.1) is 11.3 Å². The average molecular weight is 543 g/mol. The number of nitrogens with one attached hydrogen (secondary N) is 1. The minimum absolute atomic E-state index is 0.171. The molecule has 2 aromatic carbocycles. The third-order valence-corrected chi connectivity index (χ3v) is 7.61. The van der Waals surface area contributed by atoms with Crippen LogP contribution in [-0.2, 0) is 11.8 Å². The Kier molecular flexibility index (Phi) is 7.10. The van der Waals surface area contributed by atoms with E-state index in [2.05, 4.69) is 16.4 Å². The number of amides is 2. The molecule has 39 heavy (non-hydrogen) atoms. The number of hydrogen-bond acceptors (Lipinski definition) is 7. The quantitative estimate of drug-likeness (QED) is 0.371. The van der Waals surface area contributed by atoms with Crippen molar-refractivity contribution < 1.29 is 14.3 Å². The van der Waals surface area contributed by atoms with Crippen molar-refractivity contribution in [2.75, 3.05) is 13.1 Å². The van der Waals surface area contributed by atoms with Gasteiger partial charge >= 0.3 is 6.09 Å². The molecule has 0 saturated carbocycles. The van der Waals surface area contributed by atoms with E-state index in [0.717, 1.165) is 39.9 Å². The summed E-state index contributed by atoms with van der Waals surface area (Å²) in [7, 11) is 1.95. The van der Waals surface area contributed by atoms with Crippen LogP contribution < -0.4 is 5.32 Å². The number of benzene rings is 2. The molecule has 1 N–H and O–H groups in total. The first-order chi connectivity index (χ1) is 18.6. The van der Waals surface area contributed by atoms with Gasteiger partial charge in [0.2, 0.25) is 0 Å². The molecule has 1 aliphatic heterocycles. The normalized spacial score (nSPS) is 15.7. The number of hydrogen-bond donors (Lipinski definition) is 1. The van der Waals surface area contributed by atoms with E-state index in [-0.39, 0.29) is 11.9 Å². The SMILES string of the molecule is Cn1cnc2cc(-c3sc(C(=O)N4CCC[C@@H](NC(=O)OC(C)(C)C)C4)nc3-c3ccc(C#N)cc3)ccc21. The van der Waals surface area contributed by atoms with Crippen LogP contribution in [0.5, 0.6) is 0 Å². The maximum absolute atomic E-state index is 13.7. The Bertz CT molecular complexity index is 1580. The first kappa shape index (κ1) is 26.4. The highest BCUT2D eigenvalue weighted by Gasteiger charge is 2.30. The van der Waals surface area contributed by atoms with Crippen LogP contribution in [0.4, 0.5) is 4.79 Å². The van der Waals surface area contributed by atoms with Crippen LogP contribution in [0.1, 0.15) is 49.0 Å². The highest BCUT2D eigenvalue weighted by atomic mass is 32.1. The summed E-state index contributed by atoms with van der Waals surface area (Å²) in [5.41, 5.74) is 4.25. The predicted octanol–water partition coefficient (Wildman–Crippen LogP) is 5.36. The van der Waals surface area contributed by atoms with Crippen LogP contribution in [0.2, 0.25) is 0 Å². The molecular weight excluding hydrogens is 512 g/mol. The molecule has 2 amide bonds. The van der Waals surface area contributed by atoms with Gasteiger partial charge in [-0.05, 0) is 63.4 Å². The molecule has 0 unspecified atom stereocenters. The van der Waals surface area contributed by atoms with Crippen molar-refractivity contribution in [3.05, 3.63) is 59.4 Å². The average Bonchev–Trinajstić information content (AvgIpc) is 3.51. The molecule has 0 aliphatic carbocycles. The van der Waals surface area contributed by atoms with Crippen LogP contribution >= 0.6 is 11.3 Å². The largest absolute Gasteiger partial charge is 0.444 e. The third kappa shape index (κ3) is 5.78. The Morgan fingerprint density at radius 1 is 1.15 bits per heavy atom. The molecule has 1 fully saturated rings. The number of imidazole rings is 1. The van der Waals surface area contributed by atoms with Crippen LogP contribution in [-0.4, -0.2) is 56.2 Å². The van der Waals surface area contributed by atoms with Crippen LogP contribution in [0.15, 0.2) is 48.8 Å². The lowest BCUT2D eigenvalue weighted by atomic mass is 10.0. The summed E-state index contributed by atoms with van der Waals surface area (Å²) >= 11 is 1.34. The van der Waals surface area contributed by atoms with Gasteiger partial charge in [-0.3, -0.25) is 4.79 Å². The van der Waals surface area contributed by atoms with E-state index in [9.17, 15) is 14.9 Å². The smallest absolute Gasteiger partial charge is 0.407 e. The Morgan fingerprint density at radius 2 is 1.90 bits per heavy atom. The lowest BCUT2D eigenvalue weighted by Gasteiger charge is -2.33. The number of aryl methyl sites for hydroxylation is 1. The number of carbonyl (C=O) groups excluding carboxylic acids is 2. The monoisotopic (exact) mass is 542 g/mol. The van der Waals surface area contributed by atoms with Crippen molar-refractivity contribution in [2.24, 2.45) is 7.05 Å². The maximum atomic E-state index is 13.7. The number of carbonyl (C=O) groups is 2. The molecule has 1 aliphatic rings. The van der Waals surface area contributed by atoms with Gasteiger partial charge in [-0.15, -0.1) is 11.3 Å². The third-order valence-electron chi connectivity index (χ3n) is 6.51. The standard InChI is InChI=1S/C29H30N6O3S/c1-29(2,3)38-28(37)32-21-6-5-13-35(16-21)27(36)26-33-24(19-9-7-18(15-30)8-10-19)25(39-26)20-11-12-23-22(14-20)31-17-34(23)4/h7-12,14,17,21H,5-6,13,16H2,1-4H3,(H,32,37)/t21-/m1/s1. The summed E-state index contributed by atoms with van der Waals surface area (Å²) in [5, 5.41) is 12.5. The topological polar surface area (TPSA) is 113 Å². The Hall–Kier alpha value is -4.23. The van der Waals surface area contributed by atoms with Gasteiger partial charge < -0.3 is 19.5 Å². The number of fused-ring (bicyclic) bond motifs is 1. The number of aromatic nitrogens is 3. The molecule has 200 valence electrons. The molecule has 1 saturated heterocycles.